The molecule has 1 aromatic carbocycles. The molecular formula is C9H12FNO2. The topological polar surface area (TPSA) is 55.5 Å². The molecule has 4 heteroatoms. The first-order valence-corrected chi connectivity index (χ1v) is 4.02. The van der Waals surface area contributed by atoms with Crippen LogP contribution in [0.5, 0.6) is 5.75 Å². The smallest absolute Gasteiger partial charge is 0.145 e. The summed E-state index contributed by atoms with van der Waals surface area (Å²) in [6.07, 6.45) is 0.510. The Balaban J connectivity index is 2.59. The third kappa shape index (κ3) is 2.91. The van der Waals surface area contributed by atoms with Gasteiger partial charge < -0.3 is 15.6 Å². The van der Waals surface area contributed by atoms with Gasteiger partial charge in [0.25, 0.3) is 0 Å². The lowest BCUT2D eigenvalue weighted by molar-refractivity contribution is 0.234. The van der Waals surface area contributed by atoms with Crippen LogP contribution in [0.25, 0.3) is 0 Å². The molecule has 0 aliphatic carbocycles. The Labute approximate surface area is 75.9 Å². The number of benzene rings is 1. The minimum Gasteiger partial charge on any atom is -0.491 e. The average Bonchev–Trinajstić information content (AvgIpc) is 2.11. The lowest BCUT2D eigenvalue weighted by atomic mass is 10.3. The molecule has 0 atom stereocenters. The van der Waals surface area contributed by atoms with E-state index in [4.69, 9.17) is 15.6 Å². The third-order valence-electron chi connectivity index (χ3n) is 1.54. The quantitative estimate of drug-likeness (QED) is 0.547. The van der Waals surface area contributed by atoms with Crippen molar-refractivity contribution < 1.29 is 14.2 Å². The van der Waals surface area contributed by atoms with Gasteiger partial charge in [-0.15, -0.1) is 0 Å². The van der Waals surface area contributed by atoms with Gasteiger partial charge in [-0.2, -0.15) is 0 Å². The molecule has 0 spiro atoms. The Hall–Kier alpha value is -1.29. The van der Waals surface area contributed by atoms with E-state index >= 15 is 0 Å². The summed E-state index contributed by atoms with van der Waals surface area (Å²) in [7, 11) is 0. The lowest BCUT2D eigenvalue weighted by Crippen LogP contribution is -2.02. The van der Waals surface area contributed by atoms with Crippen LogP contribution in [0.4, 0.5) is 10.1 Å². The zero-order valence-corrected chi connectivity index (χ0v) is 7.16. The van der Waals surface area contributed by atoms with Gasteiger partial charge in [-0.25, -0.2) is 4.39 Å². The van der Waals surface area contributed by atoms with Crippen LogP contribution >= 0.6 is 0 Å². The van der Waals surface area contributed by atoms with Crippen molar-refractivity contribution in [2.75, 3.05) is 18.9 Å². The van der Waals surface area contributed by atoms with Crippen molar-refractivity contribution in [2.24, 2.45) is 0 Å². The molecular weight excluding hydrogens is 173 g/mol. The highest BCUT2D eigenvalue weighted by Gasteiger charge is 2.01. The third-order valence-corrected chi connectivity index (χ3v) is 1.54. The number of ether oxygens (including phenoxy) is 1. The van der Waals surface area contributed by atoms with Gasteiger partial charge in [-0.05, 0) is 12.1 Å². The lowest BCUT2D eigenvalue weighted by Gasteiger charge is -2.07. The molecule has 0 heterocycles. The fourth-order valence-corrected chi connectivity index (χ4v) is 0.880. The Morgan fingerprint density at radius 1 is 1.46 bits per heavy atom. The van der Waals surface area contributed by atoms with Gasteiger partial charge in [0.1, 0.15) is 11.6 Å². The predicted molar refractivity (Wildman–Crippen MR) is 48.0 cm³/mol. The van der Waals surface area contributed by atoms with Gasteiger partial charge >= 0.3 is 0 Å². The summed E-state index contributed by atoms with van der Waals surface area (Å²) in [5, 5.41) is 8.48. The molecule has 3 nitrogen and oxygen atoms in total. The Morgan fingerprint density at radius 3 is 2.92 bits per heavy atom. The molecule has 1 aromatic rings. The van der Waals surface area contributed by atoms with Gasteiger partial charge in [0, 0.05) is 19.1 Å². The number of aliphatic hydroxyl groups is 1. The standard InChI is InChI=1S/C9H12FNO2/c10-7-2-3-8(11)9(6-7)13-5-1-4-12/h2-3,6,12H,1,4-5,11H2. The monoisotopic (exact) mass is 185 g/mol. The van der Waals surface area contributed by atoms with E-state index in [1.807, 2.05) is 0 Å². The summed E-state index contributed by atoms with van der Waals surface area (Å²) >= 11 is 0. The summed E-state index contributed by atoms with van der Waals surface area (Å²) in [6, 6.07) is 3.95. The molecule has 0 saturated heterocycles. The number of hydrogen-bond acceptors (Lipinski definition) is 3. The SMILES string of the molecule is Nc1ccc(F)cc1OCCCO. The zero-order valence-electron chi connectivity index (χ0n) is 7.16. The van der Waals surface area contributed by atoms with E-state index in [-0.39, 0.29) is 12.4 Å². The van der Waals surface area contributed by atoms with Crippen LogP contribution in [0.1, 0.15) is 6.42 Å². The number of nitrogen functional groups attached to an aromatic ring is 1. The fraction of sp³-hybridized carbons (Fsp3) is 0.333. The molecule has 0 saturated carbocycles. The molecule has 0 fully saturated rings. The maximum absolute atomic E-state index is 12.7. The van der Waals surface area contributed by atoms with Crippen molar-refractivity contribution in [3.05, 3.63) is 24.0 Å². The number of anilines is 1. The van der Waals surface area contributed by atoms with E-state index in [1.54, 1.807) is 0 Å². The molecule has 72 valence electrons. The van der Waals surface area contributed by atoms with Gasteiger partial charge in [-0.1, -0.05) is 0 Å². The van der Waals surface area contributed by atoms with Gasteiger partial charge in [-0.3, -0.25) is 0 Å². The van der Waals surface area contributed by atoms with Crippen molar-refractivity contribution >= 4 is 5.69 Å². The minimum atomic E-state index is -0.381. The molecule has 0 amide bonds. The van der Waals surface area contributed by atoms with E-state index in [9.17, 15) is 4.39 Å². The maximum atomic E-state index is 12.7. The Bertz CT molecular complexity index is 278. The molecule has 1 rings (SSSR count). The molecule has 0 aliphatic rings. The fourth-order valence-electron chi connectivity index (χ4n) is 0.880. The largest absolute Gasteiger partial charge is 0.491 e. The number of nitrogens with two attached hydrogens (primary N) is 1. The first-order chi connectivity index (χ1) is 6.24. The van der Waals surface area contributed by atoms with Crippen LogP contribution < -0.4 is 10.5 Å². The Kier molecular flexibility index (Phi) is 3.52. The van der Waals surface area contributed by atoms with E-state index in [1.165, 1.54) is 18.2 Å². The van der Waals surface area contributed by atoms with E-state index in [0.29, 0.717) is 24.5 Å². The number of hydrogen-bond donors (Lipinski definition) is 2. The summed E-state index contributed by atoms with van der Waals surface area (Å²) < 4.78 is 17.8. The first kappa shape index (κ1) is 9.80. The van der Waals surface area contributed by atoms with Crippen molar-refractivity contribution in [3.8, 4) is 5.75 Å². The highest BCUT2D eigenvalue weighted by Crippen LogP contribution is 2.21. The first-order valence-electron chi connectivity index (χ1n) is 4.02. The van der Waals surface area contributed by atoms with Crippen LogP contribution in [0.15, 0.2) is 18.2 Å². The predicted octanol–water partition coefficient (Wildman–Crippen LogP) is 1.17. The highest BCUT2D eigenvalue weighted by molar-refractivity contribution is 5.52. The number of halogens is 1. The maximum Gasteiger partial charge on any atom is 0.145 e. The van der Waals surface area contributed by atoms with Crippen molar-refractivity contribution in [1.82, 2.24) is 0 Å². The van der Waals surface area contributed by atoms with Crippen LogP contribution in [-0.2, 0) is 0 Å². The number of rotatable bonds is 4. The summed E-state index contributed by atoms with van der Waals surface area (Å²) in [5.41, 5.74) is 5.92. The zero-order chi connectivity index (χ0) is 9.68. The van der Waals surface area contributed by atoms with Gasteiger partial charge in [0.15, 0.2) is 0 Å². The highest BCUT2D eigenvalue weighted by atomic mass is 19.1. The van der Waals surface area contributed by atoms with E-state index in [0.717, 1.165) is 0 Å². The molecule has 13 heavy (non-hydrogen) atoms. The van der Waals surface area contributed by atoms with Gasteiger partial charge in [0.2, 0.25) is 0 Å². The number of aliphatic hydroxyl groups excluding tert-OH is 1. The Morgan fingerprint density at radius 2 is 2.23 bits per heavy atom. The summed E-state index contributed by atoms with van der Waals surface area (Å²) in [4.78, 5) is 0. The average molecular weight is 185 g/mol. The molecule has 0 aliphatic heterocycles. The van der Waals surface area contributed by atoms with Crippen LogP contribution in [0, 0.1) is 5.82 Å². The molecule has 0 unspecified atom stereocenters. The second kappa shape index (κ2) is 4.67. The second-order valence-electron chi connectivity index (χ2n) is 2.61. The van der Waals surface area contributed by atoms with Crippen molar-refractivity contribution in [2.45, 2.75) is 6.42 Å². The van der Waals surface area contributed by atoms with Crippen LogP contribution in [-0.4, -0.2) is 18.3 Å². The van der Waals surface area contributed by atoms with Crippen molar-refractivity contribution in [1.29, 1.82) is 0 Å². The molecule has 0 bridgehead atoms. The van der Waals surface area contributed by atoms with Crippen LogP contribution in [0.2, 0.25) is 0 Å². The van der Waals surface area contributed by atoms with Gasteiger partial charge in [0.05, 0.1) is 12.3 Å². The minimum absolute atomic E-state index is 0.0508. The molecule has 3 N–H and O–H groups in total. The second-order valence-corrected chi connectivity index (χ2v) is 2.61. The molecule has 0 aromatic heterocycles. The molecule has 0 radical (unpaired) electrons. The normalized spacial score (nSPS) is 10.0. The van der Waals surface area contributed by atoms with Crippen LogP contribution in [0.3, 0.4) is 0 Å². The summed E-state index contributed by atoms with van der Waals surface area (Å²) in [5.74, 6) is -0.0540. The van der Waals surface area contributed by atoms with E-state index in [2.05, 4.69) is 0 Å². The van der Waals surface area contributed by atoms with Crippen molar-refractivity contribution in [3.63, 3.8) is 0 Å². The van der Waals surface area contributed by atoms with E-state index < -0.39 is 0 Å². The summed E-state index contributed by atoms with van der Waals surface area (Å²) in [6.45, 7) is 0.388.